The van der Waals surface area contributed by atoms with Gasteiger partial charge < -0.3 is 5.11 Å². The fourth-order valence-electron chi connectivity index (χ4n) is 0.957. The molecule has 0 aliphatic heterocycles. The Bertz CT molecular complexity index is 422. The van der Waals surface area contributed by atoms with Crippen molar-refractivity contribution in [3.8, 4) is 5.75 Å². The number of halogens is 2. The number of carbonyl (C=O) groups excluding carboxylic acids is 1. The number of aromatic nitrogens is 1. The van der Waals surface area contributed by atoms with Crippen LogP contribution in [0.1, 0.15) is 22.5 Å². The van der Waals surface area contributed by atoms with Gasteiger partial charge in [0.05, 0.1) is 4.92 Å². The van der Waals surface area contributed by atoms with Crippen LogP contribution in [0.3, 0.4) is 0 Å². The van der Waals surface area contributed by atoms with Crippen LogP contribution in [-0.4, -0.2) is 21.3 Å². The van der Waals surface area contributed by atoms with Crippen molar-refractivity contribution in [2.45, 2.75) is 6.43 Å². The van der Waals surface area contributed by atoms with E-state index in [9.17, 15) is 23.7 Å². The van der Waals surface area contributed by atoms with Crippen molar-refractivity contribution in [1.82, 2.24) is 4.98 Å². The van der Waals surface area contributed by atoms with Crippen LogP contribution in [0.15, 0.2) is 6.20 Å². The molecule has 8 heteroatoms. The Morgan fingerprint density at radius 3 is 2.60 bits per heavy atom. The van der Waals surface area contributed by atoms with E-state index in [0.717, 1.165) is 0 Å². The van der Waals surface area contributed by atoms with Gasteiger partial charge in [-0.3, -0.25) is 19.9 Å². The summed E-state index contributed by atoms with van der Waals surface area (Å²) in [6.45, 7) is 0. The first-order valence-electron chi connectivity index (χ1n) is 3.58. The lowest BCUT2D eigenvalue weighted by atomic mass is 10.2. The monoisotopic (exact) mass is 218 g/mol. The highest BCUT2D eigenvalue weighted by molar-refractivity contribution is 5.83. The van der Waals surface area contributed by atoms with E-state index in [1.54, 1.807) is 0 Å². The molecule has 1 rings (SSSR count). The lowest BCUT2D eigenvalue weighted by molar-refractivity contribution is -0.386. The maximum Gasteiger partial charge on any atom is 0.324 e. The Hall–Kier alpha value is -2.12. The Morgan fingerprint density at radius 2 is 2.20 bits per heavy atom. The van der Waals surface area contributed by atoms with Gasteiger partial charge >= 0.3 is 5.69 Å². The second-order valence-electron chi connectivity index (χ2n) is 2.47. The quantitative estimate of drug-likeness (QED) is 0.470. The molecule has 0 bridgehead atoms. The standard InChI is InChI=1S/C7H4F2N2O4/c8-7(9)4-6(13)5(11(14)15)3(2-12)1-10-4/h1-2,7,13H. The van der Waals surface area contributed by atoms with Crippen molar-refractivity contribution in [1.29, 1.82) is 0 Å². The molecule has 1 aromatic heterocycles. The van der Waals surface area contributed by atoms with Gasteiger partial charge in [-0.1, -0.05) is 0 Å². The van der Waals surface area contributed by atoms with Gasteiger partial charge in [0.25, 0.3) is 6.43 Å². The average Bonchev–Trinajstić information content (AvgIpc) is 2.15. The van der Waals surface area contributed by atoms with Crippen molar-refractivity contribution in [3.05, 3.63) is 27.6 Å². The van der Waals surface area contributed by atoms with Crippen LogP contribution in [-0.2, 0) is 0 Å². The molecule has 0 amide bonds. The second kappa shape index (κ2) is 3.95. The Morgan fingerprint density at radius 1 is 1.60 bits per heavy atom. The molecule has 0 spiro atoms. The Kier molecular flexibility index (Phi) is 2.88. The third kappa shape index (κ3) is 1.87. The van der Waals surface area contributed by atoms with E-state index < -0.39 is 34.0 Å². The number of aldehydes is 1. The van der Waals surface area contributed by atoms with Gasteiger partial charge in [-0.25, -0.2) is 8.78 Å². The van der Waals surface area contributed by atoms with E-state index in [4.69, 9.17) is 5.11 Å². The molecule has 0 aliphatic carbocycles. The zero-order valence-electron chi connectivity index (χ0n) is 7.05. The third-order valence-electron chi connectivity index (χ3n) is 1.60. The van der Waals surface area contributed by atoms with Gasteiger partial charge in [0, 0.05) is 6.20 Å². The summed E-state index contributed by atoms with van der Waals surface area (Å²) in [5.74, 6) is -1.28. The molecule has 0 aliphatic rings. The van der Waals surface area contributed by atoms with Gasteiger partial charge in [0.1, 0.15) is 5.56 Å². The molecule has 0 atom stereocenters. The zero-order chi connectivity index (χ0) is 11.6. The number of pyridine rings is 1. The van der Waals surface area contributed by atoms with Gasteiger partial charge in [0.15, 0.2) is 12.0 Å². The normalized spacial score (nSPS) is 10.3. The Balaban J connectivity index is 3.49. The molecule has 1 heterocycles. The van der Waals surface area contributed by atoms with Crippen molar-refractivity contribution < 1.29 is 23.6 Å². The highest BCUT2D eigenvalue weighted by Gasteiger charge is 2.27. The fourth-order valence-corrected chi connectivity index (χ4v) is 0.957. The van der Waals surface area contributed by atoms with E-state index in [1.165, 1.54) is 0 Å². The molecule has 0 fully saturated rings. The third-order valence-corrected chi connectivity index (χ3v) is 1.60. The molecule has 0 aromatic carbocycles. The van der Waals surface area contributed by atoms with E-state index in [0.29, 0.717) is 6.20 Å². The molecule has 0 unspecified atom stereocenters. The van der Waals surface area contributed by atoms with Crippen LogP contribution in [0.2, 0.25) is 0 Å². The lowest BCUT2D eigenvalue weighted by Gasteiger charge is -2.03. The number of aromatic hydroxyl groups is 1. The van der Waals surface area contributed by atoms with Crippen LogP contribution in [0.5, 0.6) is 5.75 Å². The SMILES string of the molecule is O=Cc1cnc(C(F)F)c(O)c1[N+](=O)[O-]. The van der Waals surface area contributed by atoms with Crippen LogP contribution in [0.4, 0.5) is 14.5 Å². The van der Waals surface area contributed by atoms with Crippen molar-refractivity contribution in [3.63, 3.8) is 0 Å². The molecular formula is C7H4F2N2O4. The number of rotatable bonds is 3. The van der Waals surface area contributed by atoms with Crippen LogP contribution in [0.25, 0.3) is 0 Å². The summed E-state index contributed by atoms with van der Waals surface area (Å²) < 4.78 is 24.3. The smallest absolute Gasteiger partial charge is 0.324 e. The van der Waals surface area contributed by atoms with Crippen molar-refractivity contribution in [2.24, 2.45) is 0 Å². The number of carbonyl (C=O) groups is 1. The first-order valence-corrected chi connectivity index (χ1v) is 3.58. The van der Waals surface area contributed by atoms with Crippen molar-refractivity contribution in [2.75, 3.05) is 0 Å². The molecule has 0 radical (unpaired) electrons. The first kappa shape index (κ1) is 11.0. The number of alkyl halides is 2. The maximum atomic E-state index is 12.2. The fraction of sp³-hybridized carbons (Fsp3) is 0.143. The summed E-state index contributed by atoms with van der Waals surface area (Å²) >= 11 is 0. The molecule has 1 aromatic rings. The minimum atomic E-state index is -3.15. The van der Waals surface area contributed by atoms with E-state index in [2.05, 4.69) is 4.98 Å². The summed E-state index contributed by atoms with van der Waals surface area (Å²) in [6, 6.07) is 0. The molecular weight excluding hydrogens is 214 g/mol. The molecule has 0 saturated heterocycles. The topological polar surface area (TPSA) is 93.3 Å². The second-order valence-corrected chi connectivity index (χ2v) is 2.47. The van der Waals surface area contributed by atoms with Crippen LogP contribution >= 0.6 is 0 Å². The van der Waals surface area contributed by atoms with Gasteiger partial charge in [-0.05, 0) is 0 Å². The average molecular weight is 218 g/mol. The Labute approximate surface area is 81.3 Å². The highest BCUT2D eigenvalue weighted by atomic mass is 19.3. The zero-order valence-corrected chi connectivity index (χ0v) is 7.05. The number of hydrogen-bond donors (Lipinski definition) is 1. The minimum absolute atomic E-state index is 0.0557. The summed E-state index contributed by atoms with van der Waals surface area (Å²) in [6.07, 6.45) is -2.48. The molecule has 1 N–H and O–H groups in total. The summed E-state index contributed by atoms with van der Waals surface area (Å²) in [7, 11) is 0. The van der Waals surface area contributed by atoms with Crippen LogP contribution < -0.4 is 0 Å². The van der Waals surface area contributed by atoms with Gasteiger partial charge in [-0.15, -0.1) is 0 Å². The van der Waals surface area contributed by atoms with E-state index in [-0.39, 0.29) is 6.29 Å². The first-order chi connectivity index (χ1) is 6.99. The van der Waals surface area contributed by atoms with Gasteiger partial charge in [0.2, 0.25) is 5.75 Å². The van der Waals surface area contributed by atoms with E-state index in [1.807, 2.05) is 0 Å². The lowest BCUT2D eigenvalue weighted by Crippen LogP contribution is -2.00. The molecule has 6 nitrogen and oxygen atoms in total. The van der Waals surface area contributed by atoms with Crippen molar-refractivity contribution >= 4 is 12.0 Å². The van der Waals surface area contributed by atoms with E-state index >= 15 is 0 Å². The summed E-state index contributed by atoms with van der Waals surface area (Å²) in [5, 5.41) is 19.5. The predicted octanol–water partition coefficient (Wildman–Crippen LogP) is 1.45. The number of nitro groups is 1. The largest absolute Gasteiger partial charge is 0.501 e. The number of hydrogen-bond acceptors (Lipinski definition) is 5. The van der Waals surface area contributed by atoms with Crippen LogP contribution in [0, 0.1) is 10.1 Å². The summed E-state index contributed by atoms with van der Waals surface area (Å²) in [5.41, 5.74) is -2.73. The number of nitrogens with zero attached hydrogens (tertiary/aromatic N) is 2. The predicted molar refractivity (Wildman–Crippen MR) is 42.9 cm³/mol. The highest BCUT2D eigenvalue weighted by Crippen LogP contribution is 2.35. The molecule has 80 valence electrons. The molecule has 15 heavy (non-hydrogen) atoms. The maximum absolute atomic E-state index is 12.2. The summed E-state index contributed by atoms with van der Waals surface area (Å²) in [4.78, 5) is 22.6. The molecule has 0 saturated carbocycles. The minimum Gasteiger partial charge on any atom is -0.501 e. The van der Waals surface area contributed by atoms with Gasteiger partial charge in [-0.2, -0.15) is 0 Å².